The maximum atomic E-state index is 12.7. The van der Waals surface area contributed by atoms with Crippen molar-refractivity contribution in [3.8, 4) is 17.1 Å². The zero-order valence-electron chi connectivity index (χ0n) is 16.3. The third kappa shape index (κ3) is 4.36. The lowest BCUT2D eigenvalue weighted by atomic mass is 10.2. The fourth-order valence-electron chi connectivity index (χ4n) is 2.84. The average molecular weight is 424 g/mol. The number of thiazole rings is 1. The summed E-state index contributed by atoms with van der Waals surface area (Å²) in [5.74, 6) is 1.38. The van der Waals surface area contributed by atoms with Gasteiger partial charge in [-0.15, -0.1) is 16.9 Å². The molecule has 0 saturated heterocycles. The topological polar surface area (TPSA) is 56.5 Å². The molecule has 0 amide bonds. The summed E-state index contributed by atoms with van der Waals surface area (Å²) in [6.07, 6.45) is 6.07. The highest BCUT2D eigenvalue weighted by Crippen LogP contribution is 2.21. The molecule has 0 fully saturated rings. The van der Waals surface area contributed by atoms with Crippen LogP contribution in [0, 0.1) is 0 Å². The molecule has 7 heteroatoms. The molecule has 29 heavy (non-hydrogen) atoms. The van der Waals surface area contributed by atoms with E-state index in [-0.39, 0.29) is 5.56 Å². The third-order valence-corrected chi connectivity index (χ3v) is 6.18. The molecule has 4 rings (SSSR count). The van der Waals surface area contributed by atoms with Crippen molar-refractivity contribution >= 4 is 34.1 Å². The Kier molecular flexibility index (Phi) is 5.97. The molecule has 4 aromatic rings. The number of hydrogen-bond acceptors (Lipinski definition) is 6. The lowest BCUT2D eigenvalue weighted by Gasteiger charge is -2.05. The molecule has 0 aliphatic carbocycles. The smallest absolute Gasteiger partial charge is 0.291 e. The minimum atomic E-state index is -0.141. The van der Waals surface area contributed by atoms with Crippen molar-refractivity contribution in [3.63, 3.8) is 0 Å². The first-order valence-corrected chi connectivity index (χ1v) is 11.5. The van der Waals surface area contributed by atoms with Gasteiger partial charge < -0.3 is 4.74 Å². The SMILES string of the molecule is CCCCOc1ccc(-c2nc3s/c(=C\c4ccc(SC)cc4)c(=O)n3n2)cc1. The molecular weight excluding hydrogens is 402 g/mol. The second kappa shape index (κ2) is 8.80. The Bertz CT molecular complexity index is 1210. The van der Waals surface area contributed by atoms with E-state index in [0.717, 1.165) is 29.7 Å². The fraction of sp³-hybridized carbons (Fsp3) is 0.227. The summed E-state index contributed by atoms with van der Waals surface area (Å²) < 4.78 is 7.70. The first-order chi connectivity index (χ1) is 14.2. The van der Waals surface area contributed by atoms with Gasteiger partial charge in [0.15, 0.2) is 5.82 Å². The first kappa shape index (κ1) is 19.7. The molecule has 2 heterocycles. The maximum Gasteiger partial charge on any atom is 0.291 e. The van der Waals surface area contributed by atoms with E-state index in [4.69, 9.17) is 4.74 Å². The van der Waals surface area contributed by atoms with Gasteiger partial charge in [0.1, 0.15) is 5.75 Å². The molecular formula is C22H21N3O2S2. The average Bonchev–Trinajstić information content (AvgIpc) is 3.29. The lowest BCUT2D eigenvalue weighted by Crippen LogP contribution is -2.23. The standard InChI is InChI=1S/C22H21N3O2S2/c1-3-4-13-27-17-9-7-16(8-10-17)20-23-22-25(24-20)21(26)19(29-22)14-15-5-11-18(28-2)12-6-15/h5-12,14H,3-4,13H2,1-2H3/b19-14-. The highest BCUT2D eigenvalue weighted by atomic mass is 32.2. The Morgan fingerprint density at radius 3 is 2.55 bits per heavy atom. The van der Waals surface area contributed by atoms with Gasteiger partial charge in [-0.25, -0.2) is 0 Å². The van der Waals surface area contributed by atoms with Crippen LogP contribution in [0.25, 0.3) is 22.4 Å². The van der Waals surface area contributed by atoms with Crippen LogP contribution >= 0.6 is 23.1 Å². The van der Waals surface area contributed by atoms with Crippen LogP contribution in [0.2, 0.25) is 0 Å². The number of ether oxygens (including phenoxy) is 1. The van der Waals surface area contributed by atoms with Crippen molar-refractivity contribution in [1.29, 1.82) is 0 Å². The van der Waals surface area contributed by atoms with Gasteiger partial charge in [-0.05, 0) is 60.7 Å². The highest BCUT2D eigenvalue weighted by molar-refractivity contribution is 7.98. The van der Waals surface area contributed by atoms with Gasteiger partial charge >= 0.3 is 0 Å². The van der Waals surface area contributed by atoms with Gasteiger partial charge in [0.25, 0.3) is 5.56 Å². The van der Waals surface area contributed by atoms with Gasteiger partial charge in [0, 0.05) is 10.5 Å². The molecule has 0 bridgehead atoms. The Balaban J connectivity index is 1.59. The summed E-state index contributed by atoms with van der Waals surface area (Å²) >= 11 is 3.04. The Labute approximate surface area is 177 Å². The highest BCUT2D eigenvalue weighted by Gasteiger charge is 2.12. The first-order valence-electron chi connectivity index (χ1n) is 9.46. The van der Waals surface area contributed by atoms with Gasteiger partial charge in [-0.2, -0.15) is 9.50 Å². The van der Waals surface area contributed by atoms with Gasteiger partial charge in [-0.3, -0.25) is 4.79 Å². The molecule has 2 aromatic carbocycles. The number of thioether (sulfide) groups is 1. The van der Waals surface area contributed by atoms with Crippen LogP contribution in [-0.4, -0.2) is 27.5 Å². The predicted molar refractivity (Wildman–Crippen MR) is 120 cm³/mol. The number of nitrogens with zero attached hydrogens (tertiary/aromatic N) is 3. The van der Waals surface area contributed by atoms with E-state index in [0.29, 0.717) is 21.9 Å². The summed E-state index contributed by atoms with van der Waals surface area (Å²) in [4.78, 5) is 19.1. The van der Waals surface area contributed by atoms with Gasteiger partial charge in [0.2, 0.25) is 4.96 Å². The van der Waals surface area contributed by atoms with Crippen molar-refractivity contribution in [2.24, 2.45) is 0 Å². The van der Waals surface area contributed by atoms with E-state index < -0.39 is 0 Å². The van der Waals surface area contributed by atoms with Crippen LogP contribution < -0.4 is 14.8 Å². The second-order valence-electron chi connectivity index (χ2n) is 6.55. The number of rotatable bonds is 7. The number of benzene rings is 2. The van der Waals surface area contributed by atoms with Crippen LogP contribution in [0.15, 0.2) is 58.2 Å². The van der Waals surface area contributed by atoms with E-state index in [2.05, 4.69) is 17.0 Å². The van der Waals surface area contributed by atoms with Crippen molar-refractivity contribution in [1.82, 2.24) is 14.6 Å². The summed E-state index contributed by atoms with van der Waals surface area (Å²) in [6, 6.07) is 15.8. The van der Waals surface area contributed by atoms with Gasteiger partial charge in [-0.1, -0.05) is 36.8 Å². The minimum absolute atomic E-state index is 0.141. The van der Waals surface area contributed by atoms with Crippen LogP contribution in [0.1, 0.15) is 25.3 Å². The number of unbranched alkanes of at least 4 members (excludes halogenated alkanes) is 1. The normalized spacial score (nSPS) is 12.0. The monoisotopic (exact) mass is 423 g/mol. The quantitative estimate of drug-likeness (QED) is 0.328. The summed E-state index contributed by atoms with van der Waals surface area (Å²) in [7, 11) is 0. The van der Waals surface area contributed by atoms with Crippen LogP contribution in [0.3, 0.4) is 0 Å². The Morgan fingerprint density at radius 1 is 1.14 bits per heavy atom. The molecule has 0 aliphatic rings. The summed E-state index contributed by atoms with van der Waals surface area (Å²) in [5, 5.41) is 4.42. The number of fused-ring (bicyclic) bond motifs is 1. The molecule has 0 saturated carbocycles. The summed E-state index contributed by atoms with van der Waals surface area (Å²) in [5.41, 5.74) is 1.71. The molecule has 0 aliphatic heterocycles. The van der Waals surface area contributed by atoms with Crippen molar-refractivity contribution in [2.75, 3.05) is 12.9 Å². The minimum Gasteiger partial charge on any atom is -0.494 e. The number of hydrogen-bond donors (Lipinski definition) is 0. The van der Waals surface area contributed by atoms with Crippen LogP contribution in [-0.2, 0) is 0 Å². The molecule has 0 radical (unpaired) electrons. The predicted octanol–water partition coefficient (Wildman–Crippen LogP) is 4.27. The molecule has 148 valence electrons. The van der Waals surface area contributed by atoms with E-state index in [9.17, 15) is 4.79 Å². The second-order valence-corrected chi connectivity index (χ2v) is 8.43. The zero-order chi connectivity index (χ0) is 20.2. The van der Waals surface area contributed by atoms with Crippen molar-refractivity contribution in [2.45, 2.75) is 24.7 Å². The van der Waals surface area contributed by atoms with E-state index in [1.165, 1.54) is 20.7 Å². The third-order valence-electron chi connectivity index (χ3n) is 4.47. The lowest BCUT2D eigenvalue weighted by molar-refractivity contribution is 0.309. The van der Waals surface area contributed by atoms with E-state index in [1.54, 1.807) is 11.8 Å². The molecule has 0 spiro atoms. The largest absolute Gasteiger partial charge is 0.494 e. The van der Waals surface area contributed by atoms with Crippen LogP contribution in [0.5, 0.6) is 5.75 Å². The summed E-state index contributed by atoms with van der Waals surface area (Å²) in [6.45, 7) is 2.85. The number of aromatic nitrogens is 3. The molecule has 0 unspecified atom stereocenters. The molecule has 0 atom stereocenters. The molecule has 2 aromatic heterocycles. The molecule has 0 N–H and O–H groups in total. The fourth-order valence-corrected chi connectivity index (χ4v) is 4.16. The Morgan fingerprint density at radius 2 is 1.90 bits per heavy atom. The zero-order valence-corrected chi connectivity index (χ0v) is 17.9. The van der Waals surface area contributed by atoms with Crippen molar-refractivity contribution < 1.29 is 4.74 Å². The van der Waals surface area contributed by atoms with E-state index in [1.807, 2.05) is 60.9 Å². The molecule has 5 nitrogen and oxygen atoms in total. The van der Waals surface area contributed by atoms with E-state index >= 15 is 0 Å². The van der Waals surface area contributed by atoms with Gasteiger partial charge in [0.05, 0.1) is 11.1 Å². The van der Waals surface area contributed by atoms with Crippen molar-refractivity contribution in [3.05, 3.63) is 69.0 Å². The van der Waals surface area contributed by atoms with Crippen LogP contribution in [0.4, 0.5) is 0 Å². The maximum absolute atomic E-state index is 12.7. The Hall–Kier alpha value is -2.64.